The van der Waals surface area contributed by atoms with E-state index in [2.05, 4.69) is 39.5 Å². The molecule has 0 aromatic heterocycles. The van der Waals surface area contributed by atoms with Crippen LogP contribution in [0.3, 0.4) is 0 Å². The van der Waals surface area contributed by atoms with Crippen molar-refractivity contribution in [3.8, 4) is 5.75 Å². The number of likely N-dealkylation sites (tertiary alicyclic amines) is 1. The van der Waals surface area contributed by atoms with Gasteiger partial charge < -0.3 is 25.0 Å². The van der Waals surface area contributed by atoms with E-state index in [-0.39, 0.29) is 6.04 Å². The lowest BCUT2D eigenvalue weighted by Crippen LogP contribution is -2.42. The fourth-order valence-corrected chi connectivity index (χ4v) is 4.34. The molecule has 2 aliphatic rings. The largest absolute Gasteiger partial charge is 0.497 e. The van der Waals surface area contributed by atoms with Crippen LogP contribution in [0.15, 0.2) is 29.3 Å². The highest BCUT2D eigenvalue weighted by molar-refractivity contribution is 5.79. The topological polar surface area (TPSA) is 61.4 Å². The Balaban J connectivity index is 1.55. The second kappa shape index (κ2) is 13.6. The number of nitrogens with one attached hydrogen (secondary N) is 2. The molecule has 0 aliphatic carbocycles. The Morgan fingerprint density at radius 2 is 1.81 bits per heavy atom. The Morgan fingerprint density at radius 3 is 2.48 bits per heavy atom. The van der Waals surface area contributed by atoms with Gasteiger partial charge in [0.2, 0.25) is 0 Å². The minimum Gasteiger partial charge on any atom is -0.497 e. The van der Waals surface area contributed by atoms with Crippen molar-refractivity contribution in [2.24, 2.45) is 4.99 Å². The molecule has 174 valence electrons. The summed E-state index contributed by atoms with van der Waals surface area (Å²) in [6, 6.07) is 8.63. The van der Waals surface area contributed by atoms with E-state index in [0.29, 0.717) is 0 Å². The number of methoxy groups -OCH3 is 1. The molecule has 2 N–H and O–H groups in total. The van der Waals surface area contributed by atoms with Crippen molar-refractivity contribution >= 4 is 5.96 Å². The van der Waals surface area contributed by atoms with Crippen LogP contribution in [0, 0.1) is 0 Å². The molecule has 0 radical (unpaired) electrons. The van der Waals surface area contributed by atoms with Crippen LogP contribution in [0.5, 0.6) is 5.75 Å². The quantitative estimate of drug-likeness (QED) is 0.319. The van der Waals surface area contributed by atoms with E-state index in [9.17, 15) is 0 Å². The zero-order valence-corrected chi connectivity index (χ0v) is 19.4. The molecule has 0 spiro atoms. The van der Waals surface area contributed by atoms with E-state index < -0.39 is 0 Å². The Hall–Kier alpha value is -1.83. The molecule has 1 unspecified atom stereocenters. The lowest BCUT2D eigenvalue weighted by Gasteiger charge is -2.34. The normalized spacial score (nSPS) is 19.4. The van der Waals surface area contributed by atoms with E-state index >= 15 is 0 Å². The third-order valence-corrected chi connectivity index (χ3v) is 6.15. The van der Waals surface area contributed by atoms with Crippen molar-refractivity contribution in [3.05, 3.63) is 29.8 Å². The monoisotopic (exact) mass is 431 g/mol. The summed E-state index contributed by atoms with van der Waals surface area (Å²) < 4.78 is 10.9. The Morgan fingerprint density at radius 1 is 1.06 bits per heavy atom. The minimum absolute atomic E-state index is 0.237. The maximum atomic E-state index is 5.57. The first-order valence-electron chi connectivity index (χ1n) is 12.0. The lowest BCUT2D eigenvalue weighted by atomic mass is 10.0. The van der Waals surface area contributed by atoms with Crippen molar-refractivity contribution in [1.82, 2.24) is 20.4 Å². The molecule has 2 heterocycles. The van der Waals surface area contributed by atoms with Gasteiger partial charge in [0, 0.05) is 26.2 Å². The number of hydrogen-bond acceptors (Lipinski definition) is 5. The molecule has 1 aromatic carbocycles. The smallest absolute Gasteiger partial charge is 0.191 e. The molecule has 1 aromatic rings. The van der Waals surface area contributed by atoms with Crippen LogP contribution < -0.4 is 15.4 Å². The number of guanidine groups is 1. The SMILES string of the molecule is CCNC(=NCC(c1ccc(OC)cc1)N1CCOCC1)NCCCCN1CCCC1. The third-order valence-electron chi connectivity index (χ3n) is 6.15. The molecule has 2 fully saturated rings. The highest BCUT2D eigenvalue weighted by Crippen LogP contribution is 2.24. The summed E-state index contributed by atoms with van der Waals surface area (Å²) in [6.45, 7) is 11.9. The average molecular weight is 432 g/mol. The van der Waals surface area contributed by atoms with E-state index in [1.54, 1.807) is 7.11 Å². The van der Waals surface area contributed by atoms with Gasteiger partial charge in [-0.1, -0.05) is 12.1 Å². The number of hydrogen-bond donors (Lipinski definition) is 2. The van der Waals surface area contributed by atoms with Gasteiger partial charge in [-0.15, -0.1) is 0 Å². The molecule has 2 aliphatic heterocycles. The van der Waals surface area contributed by atoms with Crippen molar-refractivity contribution in [2.45, 2.75) is 38.6 Å². The fraction of sp³-hybridized carbons (Fsp3) is 0.708. The summed E-state index contributed by atoms with van der Waals surface area (Å²) >= 11 is 0. The molecule has 7 heteroatoms. The van der Waals surface area contributed by atoms with E-state index in [1.165, 1.54) is 50.9 Å². The molecule has 3 rings (SSSR count). The van der Waals surface area contributed by atoms with Crippen LogP contribution in [-0.4, -0.2) is 88.4 Å². The van der Waals surface area contributed by atoms with Crippen molar-refractivity contribution < 1.29 is 9.47 Å². The van der Waals surface area contributed by atoms with Crippen molar-refractivity contribution in [3.63, 3.8) is 0 Å². The van der Waals surface area contributed by atoms with E-state index in [4.69, 9.17) is 14.5 Å². The summed E-state index contributed by atoms with van der Waals surface area (Å²) in [5.74, 6) is 1.80. The first-order chi connectivity index (χ1) is 15.3. The van der Waals surface area contributed by atoms with Gasteiger partial charge in [-0.25, -0.2) is 0 Å². The summed E-state index contributed by atoms with van der Waals surface area (Å²) in [7, 11) is 1.71. The van der Waals surface area contributed by atoms with Crippen LogP contribution in [0.2, 0.25) is 0 Å². The molecule has 0 saturated carbocycles. The third kappa shape index (κ3) is 7.98. The van der Waals surface area contributed by atoms with E-state index in [0.717, 1.165) is 57.6 Å². The summed E-state index contributed by atoms with van der Waals surface area (Å²) in [5.41, 5.74) is 1.27. The molecule has 7 nitrogen and oxygen atoms in total. The molecular formula is C24H41N5O2. The number of ether oxygens (including phenoxy) is 2. The lowest BCUT2D eigenvalue weighted by molar-refractivity contribution is 0.0179. The zero-order valence-electron chi connectivity index (χ0n) is 19.4. The Bertz CT molecular complexity index is 640. The molecule has 0 bridgehead atoms. The van der Waals surface area contributed by atoms with Gasteiger partial charge >= 0.3 is 0 Å². The van der Waals surface area contributed by atoms with Crippen molar-refractivity contribution in [2.75, 3.05) is 72.7 Å². The van der Waals surface area contributed by atoms with Crippen LogP contribution in [0.25, 0.3) is 0 Å². The van der Waals surface area contributed by atoms with Crippen LogP contribution in [-0.2, 0) is 4.74 Å². The predicted octanol–water partition coefficient (Wildman–Crippen LogP) is 2.50. The Kier molecular flexibility index (Phi) is 10.4. The van der Waals surface area contributed by atoms with Crippen LogP contribution >= 0.6 is 0 Å². The van der Waals surface area contributed by atoms with Gasteiger partial charge in [-0.2, -0.15) is 0 Å². The number of rotatable bonds is 11. The average Bonchev–Trinajstić information content (AvgIpc) is 3.33. The summed E-state index contributed by atoms with van der Waals surface area (Å²) in [4.78, 5) is 10.0. The number of morpholine rings is 1. The molecule has 31 heavy (non-hydrogen) atoms. The molecule has 1 atom stereocenters. The standard InChI is InChI=1S/C24H41N5O2/c1-3-25-24(26-12-4-5-13-28-14-6-7-15-28)27-20-23(29-16-18-31-19-17-29)21-8-10-22(30-2)11-9-21/h8-11,23H,3-7,12-20H2,1-2H3,(H2,25,26,27). The van der Waals surface area contributed by atoms with Gasteiger partial charge in [-0.3, -0.25) is 9.89 Å². The van der Waals surface area contributed by atoms with E-state index in [1.807, 2.05) is 12.1 Å². The maximum absolute atomic E-state index is 5.57. The highest BCUT2D eigenvalue weighted by Gasteiger charge is 2.22. The second-order valence-corrected chi connectivity index (χ2v) is 8.34. The summed E-state index contributed by atoms with van der Waals surface area (Å²) in [5, 5.41) is 6.94. The second-order valence-electron chi connectivity index (χ2n) is 8.34. The first kappa shape index (κ1) is 23.8. The van der Waals surface area contributed by atoms with Gasteiger partial charge in [0.25, 0.3) is 0 Å². The van der Waals surface area contributed by atoms with Gasteiger partial charge in [0.05, 0.1) is 32.9 Å². The number of aliphatic imine (C=N–C) groups is 1. The number of nitrogens with zero attached hydrogens (tertiary/aromatic N) is 3. The maximum Gasteiger partial charge on any atom is 0.191 e. The molecule has 2 saturated heterocycles. The van der Waals surface area contributed by atoms with Crippen molar-refractivity contribution in [1.29, 1.82) is 0 Å². The predicted molar refractivity (Wildman–Crippen MR) is 127 cm³/mol. The molecular weight excluding hydrogens is 390 g/mol. The fourth-order valence-electron chi connectivity index (χ4n) is 4.34. The highest BCUT2D eigenvalue weighted by atomic mass is 16.5. The first-order valence-corrected chi connectivity index (χ1v) is 12.0. The summed E-state index contributed by atoms with van der Waals surface area (Å²) in [6.07, 6.45) is 5.16. The number of benzene rings is 1. The van der Waals surface area contributed by atoms with Gasteiger partial charge in [0.1, 0.15) is 5.75 Å². The van der Waals surface area contributed by atoms with Crippen LogP contribution in [0.4, 0.5) is 0 Å². The minimum atomic E-state index is 0.237. The zero-order chi connectivity index (χ0) is 21.7. The Labute approximate surface area is 188 Å². The number of unbranched alkanes of at least 4 members (excludes halogenated alkanes) is 1. The van der Waals surface area contributed by atoms with Gasteiger partial charge in [0.15, 0.2) is 5.96 Å². The molecule has 0 amide bonds. The van der Waals surface area contributed by atoms with Crippen LogP contribution in [0.1, 0.15) is 44.2 Å². The van der Waals surface area contributed by atoms with Gasteiger partial charge in [-0.05, 0) is 69.9 Å².